The van der Waals surface area contributed by atoms with E-state index in [-0.39, 0.29) is 10.8 Å². The van der Waals surface area contributed by atoms with Crippen LogP contribution in [0.3, 0.4) is 0 Å². The van der Waals surface area contributed by atoms with Gasteiger partial charge in [0.25, 0.3) is 0 Å². The van der Waals surface area contributed by atoms with Gasteiger partial charge in [-0.2, -0.15) is 0 Å². The van der Waals surface area contributed by atoms with Crippen LogP contribution in [0.5, 0.6) is 0 Å². The van der Waals surface area contributed by atoms with E-state index in [4.69, 9.17) is 0 Å². The summed E-state index contributed by atoms with van der Waals surface area (Å²) in [4.78, 5) is 2.46. The first kappa shape index (κ1) is 34.2. The molecule has 0 heterocycles. The van der Waals surface area contributed by atoms with Gasteiger partial charge in [0.15, 0.2) is 0 Å². The minimum atomic E-state index is 0.0164. The summed E-state index contributed by atoms with van der Waals surface area (Å²) in [6.45, 7) is 13.9. The predicted molar refractivity (Wildman–Crippen MR) is 230 cm³/mol. The molecule has 0 amide bonds. The fourth-order valence-corrected chi connectivity index (χ4v) is 7.61. The van der Waals surface area contributed by atoms with Gasteiger partial charge < -0.3 is 4.90 Å². The molecule has 0 bridgehead atoms. The number of hydrogen-bond donors (Lipinski definition) is 0. The van der Waals surface area contributed by atoms with Crippen molar-refractivity contribution in [3.63, 3.8) is 0 Å². The highest BCUT2D eigenvalue weighted by Gasteiger charge is 2.24. The van der Waals surface area contributed by atoms with Gasteiger partial charge in [0.2, 0.25) is 0 Å². The van der Waals surface area contributed by atoms with Crippen LogP contribution in [0.1, 0.15) is 52.7 Å². The molecule has 0 fully saturated rings. The third-order valence-corrected chi connectivity index (χ3v) is 10.5. The van der Waals surface area contributed by atoms with Crippen LogP contribution < -0.4 is 4.90 Å². The average Bonchev–Trinajstić information content (AvgIpc) is 3.17. The Morgan fingerprint density at radius 3 is 1.51 bits per heavy atom. The molecule has 1 nitrogen and oxygen atoms in total. The monoisotopic (exact) mass is 685 g/mol. The van der Waals surface area contributed by atoms with Crippen molar-refractivity contribution < 1.29 is 0 Å². The Balaban J connectivity index is 1.41. The number of rotatable bonds is 6. The van der Waals surface area contributed by atoms with Gasteiger partial charge in [0.1, 0.15) is 0 Å². The molecule has 0 radical (unpaired) electrons. The molecule has 0 unspecified atom stereocenters. The first-order valence-electron chi connectivity index (χ1n) is 18.8. The van der Waals surface area contributed by atoms with Gasteiger partial charge in [-0.05, 0) is 90.0 Å². The SMILES string of the molecule is CC(C)(C)c1cc(-c2cccc3cccc(-c4ccccc4N(c4ccc5ccccc5c4)c4ccccc4-c4ccccc4)c23)cc(C(C)(C)C)c1. The van der Waals surface area contributed by atoms with Crippen molar-refractivity contribution in [2.45, 2.75) is 52.4 Å². The van der Waals surface area contributed by atoms with Crippen LogP contribution in [0.15, 0.2) is 176 Å². The number of nitrogens with zero attached hydrogens (tertiary/aromatic N) is 1. The number of fused-ring (bicyclic) bond motifs is 2. The first-order valence-corrected chi connectivity index (χ1v) is 18.8. The number of hydrogen-bond acceptors (Lipinski definition) is 1. The zero-order valence-corrected chi connectivity index (χ0v) is 31.7. The second-order valence-corrected chi connectivity index (χ2v) is 16.3. The summed E-state index contributed by atoms with van der Waals surface area (Å²) in [5, 5.41) is 4.94. The van der Waals surface area contributed by atoms with E-state index < -0.39 is 0 Å². The van der Waals surface area contributed by atoms with E-state index in [1.165, 1.54) is 66.1 Å². The molecule has 53 heavy (non-hydrogen) atoms. The summed E-state index contributed by atoms with van der Waals surface area (Å²) in [5.74, 6) is 0. The van der Waals surface area contributed by atoms with Crippen molar-refractivity contribution >= 4 is 38.6 Å². The summed E-state index contributed by atoms with van der Waals surface area (Å²) in [5.41, 5.74) is 13.4. The lowest BCUT2D eigenvalue weighted by atomic mass is 9.78. The first-order chi connectivity index (χ1) is 25.6. The van der Waals surface area contributed by atoms with E-state index in [1.807, 2.05) is 0 Å². The lowest BCUT2D eigenvalue weighted by Gasteiger charge is -2.30. The highest BCUT2D eigenvalue weighted by Crippen LogP contribution is 2.48. The van der Waals surface area contributed by atoms with Crippen molar-refractivity contribution in [2.75, 3.05) is 4.90 Å². The molecule has 0 aliphatic heterocycles. The second kappa shape index (κ2) is 13.6. The van der Waals surface area contributed by atoms with Crippen LogP contribution in [-0.2, 0) is 10.8 Å². The van der Waals surface area contributed by atoms with E-state index >= 15 is 0 Å². The van der Waals surface area contributed by atoms with Crippen molar-refractivity contribution in [3.8, 4) is 33.4 Å². The summed E-state index contributed by atoms with van der Waals surface area (Å²) in [6.07, 6.45) is 0. The topological polar surface area (TPSA) is 3.24 Å². The van der Waals surface area contributed by atoms with Gasteiger partial charge in [0.05, 0.1) is 11.4 Å². The largest absolute Gasteiger partial charge is 0.309 e. The molecule has 0 spiro atoms. The molecule has 8 aromatic carbocycles. The maximum absolute atomic E-state index is 2.46. The van der Waals surface area contributed by atoms with Gasteiger partial charge in [-0.3, -0.25) is 0 Å². The molecular formula is C52H47N. The van der Waals surface area contributed by atoms with Crippen LogP contribution in [0.25, 0.3) is 54.9 Å². The Hall–Kier alpha value is -5.92. The standard InChI is InChI=1S/C52H47N/c1-51(2,3)41-32-40(33-42(35-41)52(4,5)6)45-26-16-22-38-23-17-27-47(50(38)45)46-25-13-15-29-49(46)53(43-31-30-36-18-10-11-21-39(36)34-43)48-28-14-12-24-44(48)37-19-8-7-9-20-37/h7-35H,1-6H3. The maximum atomic E-state index is 2.46. The third kappa shape index (κ3) is 6.64. The smallest absolute Gasteiger partial charge is 0.0540 e. The van der Waals surface area contributed by atoms with Crippen LogP contribution in [0, 0.1) is 0 Å². The van der Waals surface area contributed by atoms with E-state index in [2.05, 4.69) is 222 Å². The summed E-state index contributed by atoms with van der Waals surface area (Å²) in [7, 11) is 0. The van der Waals surface area contributed by atoms with Crippen molar-refractivity contribution in [1.82, 2.24) is 0 Å². The molecule has 0 aromatic heterocycles. The van der Waals surface area contributed by atoms with E-state index in [0.29, 0.717) is 0 Å². The Morgan fingerprint density at radius 2 is 0.849 bits per heavy atom. The molecule has 0 atom stereocenters. The second-order valence-electron chi connectivity index (χ2n) is 16.3. The lowest BCUT2D eigenvalue weighted by Crippen LogP contribution is -2.16. The molecule has 8 rings (SSSR count). The summed E-state index contributed by atoms with van der Waals surface area (Å²) < 4.78 is 0. The van der Waals surface area contributed by atoms with Gasteiger partial charge in [0, 0.05) is 16.8 Å². The summed E-state index contributed by atoms with van der Waals surface area (Å²) >= 11 is 0. The van der Waals surface area contributed by atoms with Crippen LogP contribution in [-0.4, -0.2) is 0 Å². The molecule has 8 aromatic rings. The van der Waals surface area contributed by atoms with Crippen molar-refractivity contribution in [2.24, 2.45) is 0 Å². The van der Waals surface area contributed by atoms with E-state index in [9.17, 15) is 0 Å². The third-order valence-electron chi connectivity index (χ3n) is 10.5. The van der Waals surface area contributed by atoms with Gasteiger partial charge >= 0.3 is 0 Å². The number of benzene rings is 8. The molecule has 0 saturated carbocycles. The predicted octanol–water partition coefficient (Wildman–Crippen LogP) is 15.1. The zero-order chi connectivity index (χ0) is 36.7. The van der Waals surface area contributed by atoms with Gasteiger partial charge in [-0.1, -0.05) is 193 Å². The van der Waals surface area contributed by atoms with Crippen LogP contribution in [0.2, 0.25) is 0 Å². The molecule has 1 heteroatoms. The van der Waals surface area contributed by atoms with Crippen molar-refractivity contribution in [1.29, 1.82) is 0 Å². The fourth-order valence-electron chi connectivity index (χ4n) is 7.61. The zero-order valence-electron chi connectivity index (χ0n) is 31.7. The minimum Gasteiger partial charge on any atom is -0.309 e. The molecule has 0 saturated heterocycles. The number of anilines is 3. The lowest BCUT2D eigenvalue weighted by molar-refractivity contribution is 0.569. The molecule has 0 aliphatic rings. The highest BCUT2D eigenvalue weighted by molar-refractivity contribution is 6.09. The molecular weight excluding hydrogens is 639 g/mol. The van der Waals surface area contributed by atoms with Crippen molar-refractivity contribution in [3.05, 3.63) is 187 Å². The van der Waals surface area contributed by atoms with Gasteiger partial charge in [-0.15, -0.1) is 0 Å². The minimum absolute atomic E-state index is 0.0164. The fraction of sp³-hybridized carbons (Fsp3) is 0.154. The molecule has 0 N–H and O–H groups in total. The van der Waals surface area contributed by atoms with E-state index in [0.717, 1.165) is 17.1 Å². The Labute approximate surface area is 315 Å². The van der Waals surface area contributed by atoms with Crippen LogP contribution in [0.4, 0.5) is 17.1 Å². The Bertz CT molecular complexity index is 2540. The normalized spacial score (nSPS) is 12.0. The quantitative estimate of drug-likeness (QED) is 0.168. The number of para-hydroxylation sites is 2. The summed E-state index contributed by atoms with van der Waals surface area (Å²) in [6, 6.07) is 64.8. The van der Waals surface area contributed by atoms with Gasteiger partial charge in [-0.25, -0.2) is 0 Å². The Morgan fingerprint density at radius 1 is 0.340 bits per heavy atom. The maximum Gasteiger partial charge on any atom is 0.0540 e. The average molecular weight is 686 g/mol. The molecule has 0 aliphatic carbocycles. The highest BCUT2D eigenvalue weighted by atomic mass is 15.1. The molecule has 260 valence electrons. The van der Waals surface area contributed by atoms with Crippen LogP contribution >= 0.6 is 0 Å². The Kier molecular flexibility index (Phi) is 8.75. The van der Waals surface area contributed by atoms with E-state index in [1.54, 1.807) is 0 Å².